The van der Waals surface area contributed by atoms with Gasteiger partial charge >= 0.3 is 0 Å². The maximum Gasteiger partial charge on any atom is 0.247 e. The number of hydrogen-bond donors (Lipinski definition) is 1. The number of anilines is 1. The van der Waals surface area contributed by atoms with Crippen LogP contribution in [-0.4, -0.2) is 68.4 Å². The number of carbonyl (C=O) groups is 2. The summed E-state index contributed by atoms with van der Waals surface area (Å²) in [6.07, 6.45) is 4.19. The number of likely N-dealkylation sites (N-methyl/N-ethyl adjacent to an activating group) is 1. The minimum Gasteiger partial charge on any atom is -0.330 e. The van der Waals surface area contributed by atoms with Gasteiger partial charge in [0.05, 0.1) is 5.00 Å². The normalized spacial score (nSPS) is 15.9. The van der Waals surface area contributed by atoms with E-state index in [1.165, 1.54) is 4.88 Å². The standard InChI is InChI=1S/C16H24N4O2S/c1-18(2)9-3-4-14(21)19-10-11-20(15(22)12-19)16-6-5-13(23-16)7-8-17/h3-6H,7-12,17H2,1-2H3. The van der Waals surface area contributed by atoms with E-state index < -0.39 is 0 Å². The fourth-order valence-corrected chi connectivity index (χ4v) is 3.42. The van der Waals surface area contributed by atoms with Crippen molar-refractivity contribution < 1.29 is 9.59 Å². The molecule has 1 saturated heterocycles. The van der Waals surface area contributed by atoms with Gasteiger partial charge in [0.15, 0.2) is 0 Å². The number of hydrogen-bond acceptors (Lipinski definition) is 5. The number of thiophene rings is 1. The zero-order chi connectivity index (χ0) is 16.8. The van der Waals surface area contributed by atoms with Crippen LogP contribution in [0.4, 0.5) is 5.00 Å². The summed E-state index contributed by atoms with van der Waals surface area (Å²) in [5, 5.41) is 0.939. The molecule has 2 N–H and O–H groups in total. The van der Waals surface area contributed by atoms with Crippen LogP contribution in [0.2, 0.25) is 0 Å². The van der Waals surface area contributed by atoms with Crippen LogP contribution in [0.1, 0.15) is 4.88 Å². The number of rotatable bonds is 6. The van der Waals surface area contributed by atoms with Crippen LogP contribution in [0.15, 0.2) is 24.3 Å². The van der Waals surface area contributed by atoms with Crippen LogP contribution in [0.5, 0.6) is 0 Å². The molecule has 0 aromatic carbocycles. The highest BCUT2D eigenvalue weighted by molar-refractivity contribution is 7.16. The average molecular weight is 336 g/mol. The molecule has 0 unspecified atom stereocenters. The lowest BCUT2D eigenvalue weighted by Crippen LogP contribution is -2.51. The zero-order valence-corrected chi connectivity index (χ0v) is 14.5. The topological polar surface area (TPSA) is 69.9 Å². The molecule has 1 aliphatic rings. The second-order valence-electron chi connectivity index (χ2n) is 5.75. The van der Waals surface area contributed by atoms with Crippen LogP contribution < -0.4 is 10.6 Å². The van der Waals surface area contributed by atoms with Gasteiger partial charge in [0.2, 0.25) is 11.8 Å². The summed E-state index contributed by atoms with van der Waals surface area (Å²) in [6, 6.07) is 3.98. The Kier molecular flexibility index (Phi) is 6.32. The lowest BCUT2D eigenvalue weighted by molar-refractivity contribution is -0.133. The van der Waals surface area contributed by atoms with Gasteiger partial charge in [-0.1, -0.05) is 6.08 Å². The van der Waals surface area contributed by atoms with Gasteiger partial charge in [0.25, 0.3) is 0 Å². The van der Waals surface area contributed by atoms with Crippen molar-refractivity contribution in [1.82, 2.24) is 9.80 Å². The molecule has 2 heterocycles. The van der Waals surface area contributed by atoms with Crippen molar-refractivity contribution in [1.29, 1.82) is 0 Å². The van der Waals surface area contributed by atoms with Crippen LogP contribution in [0.3, 0.4) is 0 Å². The third-order valence-corrected chi connectivity index (χ3v) is 4.74. The predicted octanol–water partition coefficient (Wildman–Crippen LogP) is 0.542. The Labute approximate surface area is 141 Å². The Balaban J connectivity index is 1.92. The van der Waals surface area contributed by atoms with Crippen LogP contribution in [0.25, 0.3) is 0 Å². The second kappa shape index (κ2) is 8.24. The number of nitrogens with zero attached hydrogens (tertiary/aromatic N) is 3. The van der Waals surface area contributed by atoms with Gasteiger partial charge < -0.3 is 20.4 Å². The number of piperazine rings is 1. The molecule has 1 aliphatic heterocycles. The van der Waals surface area contributed by atoms with E-state index >= 15 is 0 Å². The van der Waals surface area contributed by atoms with E-state index in [1.807, 2.05) is 37.2 Å². The van der Waals surface area contributed by atoms with Crippen molar-refractivity contribution in [2.45, 2.75) is 6.42 Å². The van der Waals surface area contributed by atoms with E-state index in [9.17, 15) is 9.59 Å². The third-order valence-electron chi connectivity index (χ3n) is 3.57. The first-order chi connectivity index (χ1) is 11.0. The Morgan fingerprint density at radius 2 is 2.17 bits per heavy atom. The first-order valence-corrected chi connectivity index (χ1v) is 8.52. The molecule has 0 spiro atoms. The maximum atomic E-state index is 12.3. The van der Waals surface area contributed by atoms with Gasteiger partial charge in [-0.15, -0.1) is 11.3 Å². The maximum absolute atomic E-state index is 12.3. The summed E-state index contributed by atoms with van der Waals surface area (Å²) in [5.74, 6) is -0.137. The SMILES string of the molecule is CN(C)CC=CC(=O)N1CCN(c2ccc(CCN)s2)C(=O)C1. The van der Waals surface area contributed by atoms with Crippen molar-refractivity contribution in [3.63, 3.8) is 0 Å². The molecular formula is C16H24N4O2S. The van der Waals surface area contributed by atoms with Crippen molar-refractivity contribution >= 4 is 28.2 Å². The van der Waals surface area contributed by atoms with Gasteiger partial charge in [0.1, 0.15) is 6.54 Å². The quantitative estimate of drug-likeness (QED) is 0.770. The molecular weight excluding hydrogens is 312 g/mol. The van der Waals surface area contributed by atoms with Crippen molar-refractivity contribution in [3.8, 4) is 0 Å². The van der Waals surface area contributed by atoms with E-state index in [1.54, 1.807) is 27.2 Å². The smallest absolute Gasteiger partial charge is 0.247 e. The zero-order valence-electron chi connectivity index (χ0n) is 13.7. The van der Waals surface area contributed by atoms with E-state index in [0.717, 1.165) is 11.4 Å². The van der Waals surface area contributed by atoms with E-state index in [0.29, 0.717) is 26.2 Å². The van der Waals surface area contributed by atoms with Crippen molar-refractivity contribution in [2.75, 3.05) is 51.7 Å². The summed E-state index contributed by atoms with van der Waals surface area (Å²) in [4.78, 5) is 31.0. The second-order valence-corrected chi connectivity index (χ2v) is 6.90. The minimum absolute atomic E-state index is 0.0354. The van der Waals surface area contributed by atoms with Gasteiger partial charge in [-0.3, -0.25) is 9.59 Å². The molecule has 0 atom stereocenters. The monoisotopic (exact) mass is 336 g/mol. The Bertz CT molecular complexity index is 582. The largest absolute Gasteiger partial charge is 0.330 e. The molecule has 1 aromatic heterocycles. The highest BCUT2D eigenvalue weighted by Gasteiger charge is 2.27. The van der Waals surface area contributed by atoms with Crippen LogP contribution in [-0.2, 0) is 16.0 Å². The minimum atomic E-state index is -0.102. The first-order valence-electron chi connectivity index (χ1n) is 7.70. The molecule has 0 radical (unpaired) electrons. The molecule has 7 heteroatoms. The van der Waals surface area contributed by atoms with Crippen LogP contribution in [0, 0.1) is 0 Å². The molecule has 2 amide bonds. The molecule has 0 aliphatic carbocycles. The molecule has 1 aromatic rings. The summed E-state index contributed by atoms with van der Waals surface area (Å²) in [7, 11) is 3.88. The molecule has 0 saturated carbocycles. The van der Waals surface area contributed by atoms with Crippen LogP contribution >= 0.6 is 11.3 Å². The fourth-order valence-electron chi connectivity index (χ4n) is 2.35. The number of amides is 2. The molecule has 2 rings (SSSR count). The lowest BCUT2D eigenvalue weighted by atomic mass is 10.3. The summed E-state index contributed by atoms with van der Waals surface area (Å²) in [5.41, 5.74) is 5.56. The van der Waals surface area contributed by atoms with E-state index in [-0.39, 0.29) is 18.4 Å². The highest BCUT2D eigenvalue weighted by Crippen LogP contribution is 2.27. The van der Waals surface area contributed by atoms with Crippen molar-refractivity contribution in [3.05, 3.63) is 29.2 Å². The third kappa shape index (κ3) is 4.89. The predicted molar refractivity (Wildman–Crippen MR) is 93.7 cm³/mol. The molecule has 6 nitrogen and oxygen atoms in total. The number of nitrogens with two attached hydrogens (primary N) is 1. The summed E-state index contributed by atoms with van der Waals surface area (Å²) >= 11 is 1.60. The molecule has 23 heavy (non-hydrogen) atoms. The van der Waals surface area contributed by atoms with Crippen molar-refractivity contribution in [2.24, 2.45) is 5.73 Å². The average Bonchev–Trinajstić information content (AvgIpc) is 2.95. The van der Waals surface area contributed by atoms with E-state index in [4.69, 9.17) is 5.73 Å². The first kappa shape index (κ1) is 17.7. The molecule has 0 bridgehead atoms. The number of carbonyl (C=O) groups excluding carboxylic acids is 2. The van der Waals surface area contributed by atoms with E-state index in [2.05, 4.69) is 0 Å². The van der Waals surface area contributed by atoms with Gasteiger partial charge in [-0.25, -0.2) is 0 Å². The van der Waals surface area contributed by atoms with Gasteiger partial charge in [0, 0.05) is 30.6 Å². The summed E-state index contributed by atoms with van der Waals surface area (Å²) in [6.45, 7) is 2.54. The molecule has 1 fully saturated rings. The Hall–Kier alpha value is -1.70. The molecule has 126 valence electrons. The Morgan fingerprint density at radius 1 is 1.39 bits per heavy atom. The fraction of sp³-hybridized carbons (Fsp3) is 0.500. The Morgan fingerprint density at radius 3 is 2.83 bits per heavy atom. The van der Waals surface area contributed by atoms with Gasteiger partial charge in [-0.05, 0) is 39.2 Å². The lowest BCUT2D eigenvalue weighted by Gasteiger charge is -2.33. The summed E-state index contributed by atoms with van der Waals surface area (Å²) < 4.78 is 0. The van der Waals surface area contributed by atoms with Gasteiger partial charge in [-0.2, -0.15) is 0 Å². The highest BCUT2D eigenvalue weighted by atomic mass is 32.1.